The molecule has 0 N–H and O–H groups in total. The summed E-state index contributed by atoms with van der Waals surface area (Å²) in [5.74, 6) is 0.942. The molecule has 28 heavy (non-hydrogen) atoms. The number of hydrogen-bond acceptors (Lipinski definition) is 5. The van der Waals surface area contributed by atoms with Crippen LogP contribution < -0.4 is 4.74 Å². The Kier molecular flexibility index (Phi) is 5.26. The Morgan fingerprint density at radius 2 is 2.14 bits per heavy atom. The standard InChI is InChI=1S/C21H23F2N3O2/c1-13-19-16(20(22)23)10-17(24-21(19)28-25-13)14-7-5-9-26(11-14)12-15-6-3-4-8-18(15)27-2/h3-4,6,8,10,14,20H,5,7,9,11-12H2,1-2H3. The molecule has 5 nitrogen and oxygen atoms in total. The van der Waals surface area contributed by atoms with Gasteiger partial charge >= 0.3 is 0 Å². The number of para-hydroxylation sites is 1. The number of benzene rings is 1. The van der Waals surface area contributed by atoms with Crippen molar-refractivity contribution in [3.63, 3.8) is 0 Å². The molecule has 0 aliphatic carbocycles. The largest absolute Gasteiger partial charge is 0.496 e. The lowest BCUT2D eigenvalue weighted by Gasteiger charge is -2.32. The molecule has 3 aromatic rings. The number of hydrogen-bond donors (Lipinski definition) is 0. The Bertz CT molecular complexity index is 973. The lowest BCUT2D eigenvalue weighted by Crippen LogP contribution is -2.34. The van der Waals surface area contributed by atoms with E-state index in [2.05, 4.69) is 21.1 Å². The second-order valence-electron chi connectivity index (χ2n) is 7.27. The molecule has 1 unspecified atom stereocenters. The highest BCUT2D eigenvalue weighted by molar-refractivity contribution is 5.80. The lowest BCUT2D eigenvalue weighted by molar-refractivity contribution is 0.152. The zero-order valence-electron chi connectivity index (χ0n) is 16.0. The maximum atomic E-state index is 13.6. The summed E-state index contributed by atoms with van der Waals surface area (Å²) in [4.78, 5) is 6.85. The summed E-state index contributed by atoms with van der Waals surface area (Å²) >= 11 is 0. The molecule has 0 radical (unpaired) electrons. The van der Waals surface area contributed by atoms with Crippen molar-refractivity contribution < 1.29 is 18.0 Å². The van der Waals surface area contributed by atoms with Crippen LogP contribution in [-0.4, -0.2) is 35.2 Å². The van der Waals surface area contributed by atoms with Crippen LogP contribution in [0.5, 0.6) is 5.75 Å². The van der Waals surface area contributed by atoms with Crippen LogP contribution >= 0.6 is 0 Å². The van der Waals surface area contributed by atoms with Crippen LogP contribution in [0.3, 0.4) is 0 Å². The summed E-state index contributed by atoms with van der Waals surface area (Å²) in [6.45, 7) is 4.13. The van der Waals surface area contributed by atoms with Crippen molar-refractivity contribution in [2.24, 2.45) is 0 Å². The number of aryl methyl sites for hydroxylation is 1. The SMILES string of the molecule is COc1ccccc1CN1CCCC(c2cc(C(F)F)c3c(C)noc3n2)C1. The van der Waals surface area contributed by atoms with Gasteiger partial charge in [-0.1, -0.05) is 23.4 Å². The van der Waals surface area contributed by atoms with Gasteiger partial charge in [-0.2, -0.15) is 0 Å². The van der Waals surface area contributed by atoms with Crippen LogP contribution in [0.2, 0.25) is 0 Å². The van der Waals surface area contributed by atoms with E-state index in [1.807, 2.05) is 18.2 Å². The summed E-state index contributed by atoms with van der Waals surface area (Å²) in [5.41, 5.74) is 2.38. The van der Waals surface area contributed by atoms with E-state index in [1.165, 1.54) is 6.07 Å². The minimum Gasteiger partial charge on any atom is -0.496 e. The highest BCUT2D eigenvalue weighted by Crippen LogP contribution is 2.34. The number of nitrogens with zero attached hydrogens (tertiary/aromatic N) is 3. The smallest absolute Gasteiger partial charge is 0.264 e. The molecule has 2 aromatic heterocycles. The maximum Gasteiger partial charge on any atom is 0.264 e. The molecule has 1 aliphatic heterocycles. The van der Waals surface area contributed by atoms with Gasteiger partial charge in [0.05, 0.1) is 18.2 Å². The van der Waals surface area contributed by atoms with Gasteiger partial charge in [0, 0.05) is 35.8 Å². The summed E-state index contributed by atoms with van der Waals surface area (Å²) in [5, 5.41) is 4.15. The molecule has 1 atom stereocenters. The van der Waals surface area contributed by atoms with E-state index < -0.39 is 6.43 Å². The fraction of sp³-hybridized carbons (Fsp3) is 0.429. The third kappa shape index (κ3) is 3.58. The number of methoxy groups -OCH3 is 1. The molecule has 148 valence electrons. The van der Waals surface area contributed by atoms with Gasteiger partial charge in [-0.15, -0.1) is 0 Å². The number of pyridine rings is 1. The van der Waals surface area contributed by atoms with Gasteiger partial charge < -0.3 is 9.26 Å². The molecule has 1 fully saturated rings. The Balaban J connectivity index is 1.59. The Morgan fingerprint density at radius 1 is 1.32 bits per heavy atom. The van der Waals surface area contributed by atoms with Gasteiger partial charge in [0.1, 0.15) is 5.75 Å². The minimum atomic E-state index is -2.59. The number of rotatable bonds is 5. The molecule has 0 spiro atoms. The highest BCUT2D eigenvalue weighted by Gasteiger charge is 2.27. The summed E-state index contributed by atoms with van der Waals surface area (Å²) in [6.07, 6.45) is -0.689. The topological polar surface area (TPSA) is 51.4 Å². The first-order chi connectivity index (χ1) is 13.6. The van der Waals surface area contributed by atoms with E-state index in [0.29, 0.717) is 16.8 Å². The number of alkyl halides is 2. The van der Waals surface area contributed by atoms with Gasteiger partial charge in [-0.25, -0.2) is 13.8 Å². The maximum absolute atomic E-state index is 13.6. The van der Waals surface area contributed by atoms with Gasteiger partial charge in [0.2, 0.25) is 0 Å². The molecule has 1 aliphatic rings. The molecule has 0 bridgehead atoms. The van der Waals surface area contributed by atoms with E-state index in [4.69, 9.17) is 9.26 Å². The number of halogens is 2. The van der Waals surface area contributed by atoms with E-state index in [1.54, 1.807) is 14.0 Å². The third-order valence-electron chi connectivity index (χ3n) is 5.41. The van der Waals surface area contributed by atoms with Gasteiger partial charge in [0.15, 0.2) is 0 Å². The van der Waals surface area contributed by atoms with Gasteiger partial charge in [0.25, 0.3) is 12.1 Å². The molecule has 3 heterocycles. The van der Waals surface area contributed by atoms with Crippen LogP contribution in [-0.2, 0) is 6.54 Å². The molecule has 7 heteroatoms. The van der Waals surface area contributed by atoms with Crippen molar-refractivity contribution in [2.75, 3.05) is 20.2 Å². The molecular formula is C21H23F2N3O2. The molecule has 4 rings (SSSR count). The van der Waals surface area contributed by atoms with E-state index in [0.717, 1.165) is 43.8 Å². The van der Waals surface area contributed by atoms with E-state index in [-0.39, 0.29) is 17.2 Å². The van der Waals surface area contributed by atoms with Gasteiger partial charge in [-0.05, 0) is 38.4 Å². The third-order valence-corrected chi connectivity index (χ3v) is 5.41. The summed E-state index contributed by atoms with van der Waals surface area (Å²) < 4.78 is 37.9. The van der Waals surface area contributed by atoms with Crippen molar-refractivity contribution in [2.45, 2.75) is 38.7 Å². The Morgan fingerprint density at radius 3 is 2.93 bits per heavy atom. The molecule has 0 amide bonds. The van der Waals surface area contributed by atoms with E-state index in [9.17, 15) is 8.78 Å². The number of ether oxygens (including phenoxy) is 1. The first-order valence-corrected chi connectivity index (χ1v) is 9.46. The fourth-order valence-corrected chi connectivity index (χ4v) is 4.04. The van der Waals surface area contributed by atoms with Crippen molar-refractivity contribution >= 4 is 11.1 Å². The number of aromatic nitrogens is 2. The number of likely N-dealkylation sites (tertiary alicyclic amines) is 1. The summed E-state index contributed by atoms with van der Waals surface area (Å²) in [6, 6.07) is 9.49. The van der Waals surface area contributed by atoms with Crippen molar-refractivity contribution in [1.82, 2.24) is 15.0 Å². The highest BCUT2D eigenvalue weighted by atomic mass is 19.3. The van der Waals surface area contributed by atoms with E-state index >= 15 is 0 Å². The number of fused-ring (bicyclic) bond motifs is 1. The average molecular weight is 387 g/mol. The first kappa shape index (κ1) is 18.8. The Labute approximate surface area is 162 Å². The fourth-order valence-electron chi connectivity index (χ4n) is 4.04. The monoisotopic (exact) mass is 387 g/mol. The zero-order valence-corrected chi connectivity index (χ0v) is 16.0. The first-order valence-electron chi connectivity index (χ1n) is 9.46. The molecular weight excluding hydrogens is 364 g/mol. The van der Waals surface area contributed by atoms with Crippen LogP contribution in [0, 0.1) is 6.92 Å². The van der Waals surface area contributed by atoms with Crippen LogP contribution in [0.4, 0.5) is 8.78 Å². The molecule has 0 saturated carbocycles. The van der Waals surface area contributed by atoms with Crippen LogP contribution in [0.15, 0.2) is 34.9 Å². The van der Waals surface area contributed by atoms with Crippen molar-refractivity contribution in [1.29, 1.82) is 0 Å². The summed E-state index contributed by atoms with van der Waals surface area (Å²) in [7, 11) is 1.67. The molecule has 1 aromatic carbocycles. The van der Waals surface area contributed by atoms with Crippen molar-refractivity contribution in [3.8, 4) is 5.75 Å². The predicted octanol–water partition coefficient (Wildman–Crippen LogP) is 4.86. The van der Waals surface area contributed by atoms with Crippen molar-refractivity contribution in [3.05, 3.63) is 52.8 Å². The van der Waals surface area contributed by atoms with Gasteiger partial charge in [-0.3, -0.25) is 4.90 Å². The second-order valence-corrected chi connectivity index (χ2v) is 7.27. The average Bonchev–Trinajstić information content (AvgIpc) is 3.09. The lowest BCUT2D eigenvalue weighted by atomic mass is 9.92. The molecule has 1 saturated heterocycles. The second kappa shape index (κ2) is 7.83. The van der Waals surface area contributed by atoms with Crippen LogP contribution in [0.25, 0.3) is 11.1 Å². The predicted molar refractivity (Wildman–Crippen MR) is 102 cm³/mol. The Hall–Kier alpha value is -2.54. The van der Waals surface area contributed by atoms with Crippen LogP contribution in [0.1, 0.15) is 47.7 Å². The minimum absolute atomic E-state index is 0.0411. The normalized spacial score (nSPS) is 18.1. The number of piperidine rings is 1. The quantitative estimate of drug-likeness (QED) is 0.626. The zero-order chi connectivity index (χ0) is 19.7.